The molecule has 0 saturated heterocycles. The Labute approximate surface area is 86.8 Å². The van der Waals surface area contributed by atoms with E-state index in [1.807, 2.05) is 0 Å². The molecule has 0 saturated carbocycles. The maximum absolute atomic E-state index is 10.1. The summed E-state index contributed by atoms with van der Waals surface area (Å²) in [4.78, 5) is 0. The average molecular weight is 208 g/mol. The first kappa shape index (κ1) is 10.0. The van der Waals surface area contributed by atoms with Crippen LogP contribution in [-0.2, 0) is 5.60 Å². The summed E-state index contributed by atoms with van der Waals surface area (Å²) in [6.07, 6.45) is 1.73. The van der Waals surface area contributed by atoms with Crippen molar-refractivity contribution in [3.8, 4) is 0 Å². The third kappa shape index (κ3) is 1.69. The van der Waals surface area contributed by atoms with E-state index in [4.69, 9.17) is 8.83 Å². The molecule has 0 fully saturated rings. The first-order chi connectivity index (χ1) is 7.12. The lowest BCUT2D eigenvalue weighted by Gasteiger charge is -2.25. The summed E-state index contributed by atoms with van der Waals surface area (Å²) in [5, 5.41) is 20.0. The van der Waals surface area contributed by atoms with Gasteiger partial charge >= 0.3 is 0 Å². The summed E-state index contributed by atoms with van der Waals surface area (Å²) in [7, 11) is 0. The van der Waals surface area contributed by atoms with Crippen LogP contribution in [0.15, 0.2) is 45.6 Å². The van der Waals surface area contributed by atoms with Gasteiger partial charge in [0.1, 0.15) is 17.6 Å². The zero-order chi connectivity index (χ0) is 10.9. The number of hydrogen-bond donors (Lipinski definition) is 2. The minimum absolute atomic E-state index is 0.298. The normalized spacial score (nSPS) is 17.3. The molecular formula is C11H12O4. The molecule has 2 heterocycles. The number of hydrogen-bond acceptors (Lipinski definition) is 4. The Hall–Kier alpha value is -1.52. The zero-order valence-electron chi connectivity index (χ0n) is 8.25. The van der Waals surface area contributed by atoms with Crippen LogP contribution in [-0.4, -0.2) is 10.2 Å². The second-order valence-electron chi connectivity index (χ2n) is 3.54. The predicted molar refractivity (Wildman–Crippen MR) is 51.9 cm³/mol. The maximum atomic E-state index is 10.1. The fraction of sp³-hybridized carbons (Fsp3) is 0.273. The molecule has 0 aromatic carbocycles. The molecule has 0 aliphatic heterocycles. The van der Waals surface area contributed by atoms with E-state index >= 15 is 0 Å². The Morgan fingerprint density at radius 1 is 1.20 bits per heavy atom. The molecule has 0 amide bonds. The van der Waals surface area contributed by atoms with Gasteiger partial charge < -0.3 is 19.0 Å². The molecule has 4 heteroatoms. The summed E-state index contributed by atoms with van der Waals surface area (Å²) < 4.78 is 10.1. The largest absolute Gasteiger partial charge is 0.466 e. The van der Waals surface area contributed by atoms with E-state index in [2.05, 4.69) is 0 Å². The quantitative estimate of drug-likeness (QED) is 0.807. The molecule has 15 heavy (non-hydrogen) atoms. The monoisotopic (exact) mass is 208 g/mol. The van der Waals surface area contributed by atoms with Gasteiger partial charge in [-0.15, -0.1) is 0 Å². The third-order valence-electron chi connectivity index (χ3n) is 2.37. The molecular weight excluding hydrogens is 196 g/mol. The molecule has 4 nitrogen and oxygen atoms in total. The number of rotatable bonds is 3. The van der Waals surface area contributed by atoms with Crippen molar-refractivity contribution in [1.82, 2.24) is 0 Å². The molecule has 2 aromatic rings. The van der Waals surface area contributed by atoms with Crippen molar-refractivity contribution < 1.29 is 19.0 Å². The smallest absolute Gasteiger partial charge is 0.152 e. The van der Waals surface area contributed by atoms with Crippen molar-refractivity contribution in [1.29, 1.82) is 0 Å². The fourth-order valence-corrected chi connectivity index (χ4v) is 1.43. The van der Waals surface area contributed by atoms with Crippen LogP contribution in [0, 0.1) is 0 Å². The lowest BCUT2D eigenvalue weighted by molar-refractivity contribution is -0.0909. The predicted octanol–water partition coefficient (Wildman–Crippen LogP) is 1.81. The van der Waals surface area contributed by atoms with Gasteiger partial charge in [0.15, 0.2) is 5.60 Å². The second kappa shape index (κ2) is 3.56. The van der Waals surface area contributed by atoms with E-state index in [9.17, 15) is 10.2 Å². The minimum Gasteiger partial charge on any atom is -0.466 e. The van der Waals surface area contributed by atoms with Gasteiger partial charge in [0.25, 0.3) is 0 Å². The van der Waals surface area contributed by atoms with E-state index in [1.54, 1.807) is 24.3 Å². The van der Waals surface area contributed by atoms with Crippen LogP contribution in [0.3, 0.4) is 0 Å². The third-order valence-corrected chi connectivity index (χ3v) is 2.37. The van der Waals surface area contributed by atoms with E-state index < -0.39 is 11.7 Å². The Kier molecular flexibility index (Phi) is 2.38. The molecule has 0 bridgehead atoms. The van der Waals surface area contributed by atoms with Gasteiger partial charge in [0.05, 0.1) is 12.5 Å². The molecule has 80 valence electrons. The van der Waals surface area contributed by atoms with E-state index in [0.29, 0.717) is 11.5 Å². The van der Waals surface area contributed by atoms with Crippen molar-refractivity contribution >= 4 is 0 Å². The van der Waals surface area contributed by atoms with Crippen LogP contribution in [0.2, 0.25) is 0 Å². The average Bonchev–Trinajstić information content (AvgIpc) is 2.89. The van der Waals surface area contributed by atoms with Crippen LogP contribution in [0.4, 0.5) is 0 Å². The maximum Gasteiger partial charge on any atom is 0.152 e. The Morgan fingerprint density at radius 3 is 2.40 bits per heavy atom. The molecule has 2 rings (SSSR count). The molecule has 2 atom stereocenters. The Balaban J connectivity index is 2.30. The number of aliphatic hydroxyl groups excluding tert-OH is 1. The summed E-state index contributed by atoms with van der Waals surface area (Å²) in [6.45, 7) is 1.47. The SMILES string of the molecule is CC(O)(c1ccco1)C(O)c1ccco1. The molecule has 2 unspecified atom stereocenters. The molecule has 0 radical (unpaired) electrons. The van der Waals surface area contributed by atoms with E-state index in [-0.39, 0.29) is 0 Å². The van der Waals surface area contributed by atoms with Gasteiger partial charge in [0, 0.05) is 0 Å². The molecule has 0 aliphatic carbocycles. The Morgan fingerprint density at radius 2 is 1.87 bits per heavy atom. The van der Waals surface area contributed by atoms with Crippen molar-refractivity contribution in [3.63, 3.8) is 0 Å². The minimum atomic E-state index is -1.50. The lowest BCUT2D eigenvalue weighted by Crippen LogP contribution is -2.29. The topological polar surface area (TPSA) is 66.7 Å². The van der Waals surface area contributed by atoms with Crippen molar-refractivity contribution in [3.05, 3.63) is 48.3 Å². The van der Waals surface area contributed by atoms with Crippen LogP contribution in [0.1, 0.15) is 24.5 Å². The first-order valence-corrected chi connectivity index (χ1v) is 4.60. The zero-order valence-corrected chi connectivity index (χ0v) is 8.25. The summed E-state index contributed by atoms with van der Waals surface area (Å²) in [5.41, 5.74) is -1.50. The van der Waals surface area contributed by atoms with Gasteiger partial charge in [-0.05, 0) is 31.2 Å². The highest BCUT2D eigenvalue weighted by atomic mass is 16.4. The molecule has 0 aliphatic rings. The summed E-state index contributed by atoms with van der Waals surface area (Å²) in [5.74, 6) is 0.600. The number of aliphatic hydroxyl groups is 2. The highest BCUT2D eigenvalue weighted by molar-refractivity contribution is 5.16. The molecule has 2 aromatic heterocycles. The van der Waals surface area contributed by atoms with Gasteiger partial charge in [-0.2, -0.15) is 0 Å². The van der Waals surface area contributed by atoms with Crippen molar-refractivity contribution in [2.24, 2.45) is 0 Å². The van der Waals surface area contributed by atoms with E-state index in [1.165, 1.54) is 19.5 Å². The fourth-order valence-electron chi connectivity index (χ4n) is 1.43. The second-order valence-corrected chi connectivity index (χ2v) is 3.54. The summed E-state index contributed by atoms with van der Waals surface area (Å²) >= 11 is 0. The molecule has 2 N–H and O–H groups in total. The Bertz CT molecular complexity index is 400. The standard InChI is InChI=1S/C11H12O4/c1-11(13,9-5-3-7-15-9)10(12)8-4-2-6-14-8/h2-7,10,12-13H,1H3. The molecule has 0 spiro atoms. The van der Waals surface area contributed by atoms with Gasteiger partial charge in [-0.25, -0.2) is 0 Å². The van der Waals surface area contributed by atoms with Crippen molar-refractivity contribution in [2.45, 2.75) is 18.6 Å². The lowest BCUT2D eigenvalue weighted by atomic mass is 9.94. The summed E-state index contributed by atoms with van der Waals surface area (Å²) in [6, 6.07) is 6.50. The van der Waals surface area contributed by atoms with Gasteiger partial charge in [-0.1, -0.05) is 0 Å². The van der Waals surface area contributed by atoms with Gasteiger partial charge in [0.2, 0.25) is 0 Å². The van der Waals surface area contributed by atoms with Crippen LogP contribution in [0.25, 0.3) is 0 Å². The van der Waals surface area contributed by atoms with Crippen molar-refractivity contribution in [2.75, 3.05) is 0 Å². The van der Waals surface area contributed by atoms with Gasteiger partial charge in [-0.3, -0.25) is 0 Å². The van der Waals surface area contributed by atoms with Crippen LogP contribution < -0.4 is 0 Å². The van der Waals surface area contributed by atoms with Crippen LogP contribution in [0.5, 0.6) is 0 Å². The first-order valence-electron chi connectivity index (χ1n) is 4.60. The van der Waals surface area contributed by atoms with E-state index in [0.717, 1.165) is 0 Å². The number of furan rings is 2. The highest BCUT2D eigenvalue weighted by Crippen LogP contribution is 2.34. The highest BCUT2D eigenvalue weighted by Gasteiger charge is 2.37. The van der Waals surface area contributed by atoms with Crippen LogP contribution >= 0.6 is 0 Å².